The molecule has 12 heteroatoms. The highest BCUT2D eigenvalue weighted by atomic mass is 32.2. The number of amides is 1. The lowest BCUT2D eigenvalue weighted by Crippen LogP contribution is -2.52. The molecular weight excluding hydrogens is 484 g/mol. The van der Waals surface area contributed by atoms with Gasteiger partial charge in [0, 0.05) is 19.1 Å². The maximum atomic E-state index is 13.1. The van der Waals surface area contributed by atoms with E-state index in [1.807, 2.05) is 30.3 Å². The van der Waals surface area contributed by atoms with Crippen molar-refractivity contribution in [2.75, 3.05) is 26.8 Å². The van der Waals surface area contributed by atoms with Crippen molar-refractivity contribution in [2.24, 2.45) is 0 Å². The highest BCUT2D eigenvalue weighted by Gasteiger charge is 2.45. The summed E-state index contributed by atoms with van der Waals surface area (Å²) in [6.07, 6.45) is 0.0111. The number of piperidine rings is 1. The minimum absolute atomic E-state index is 0.0222. The second-order valence-electron chi connectivity index (χ2n) is 7.83. The summed E-state index contributed by atoms with van der Waals surface area (Å²) in [6, 6.07) is 9.32. The maximum absolute atomic E-state index is 13.1. The number of cyclic esters (lactones) is 1. The Labute approximate surface area is 201 Å². The number of carbonyl (C=O) groups excluding carboxylic acids is 3. The van der Waals surface area contributed by atoms with E-state index >= 15 is 0 Å². The van der Waals surface area contributed by atoms with Crippen molar-refractivity contribution in [2.45, 2.75) is 36.4 Å². The molecule has 1 atom stereocenters. The Bertz CT molecular complexity index is 1160. The van der Waals surface area contributed by atoms with E-state index in [4.69, 9.17) is 9.47 Å². The first-order chi connectivity index (χ1) is 16.3. The second kappa shape index (κ2) is 10.1. The summed E-state index contributed by atoms with van der Waals surface area (Å²) in [5, 5.41) is 1.53. The van der Waals surface area contributed by atoms with Crippen LogP contribution in [0.4, 0.5) is 4.79 Å². The Hall–Kier alpha value is -2.96. The Balaban J connectivity index is 1.40. The Morgan fingerprint density at radius 2 is 1.85 bits per heavy atom. The molecule has 2 saturated heterocycles. The summed E-state index contributed by atoms with van der Waals surface area (Å²) < 4.78 is 42.7. The molecule has 4 rings (SSSR count). The van der Waals surface area contributed by atoms with Crippen LogP contribution >= 0.6 is 11.3 Å². The molecule has 10 nitrogen and oxygen atoms in total. The average molecular weight is 509 g/mol. The van der Waals surface area contributed by atoms with Crippen molar-refractivity contribution in [1.82, 2.24) is 9.21 Å². The molecule has 0 aliphatic carbocycles. The molecule has 1 unspecified atom stereocenters. The van der Waals surface area contributed by atoms with E-state index in [0.29, 0.717) is 12.8 Å². The van der Waals surface area contributed by atoms with E-state index in [9.17, 15) is 22.8 Å². The van der Waals surface area contributed by atoms with Crippen molar-refractivity contribution in [1.29, 1.82) is 0 Å². The molecule has 1 aromatic heterocycles. The molecule has 0 spiro atoms. The van der Waals surface area contributed by atoms with Crippen LogP contribution in [0.1, 0.15) is 28.1 Å². The molecule has 1 amide bonds. The highest BCUT2D eigenvalue weighted by molar-refractivity contribution is 7.89. The number of carbonyl (C=O) groups is 3. The topological polar surface area (TPSA) is 120 Å². The van der Waals surface area contributed by atoms with E-state index in [1.165, 1.54) is 27.8 Å². The molecule has 2 aliphatic rings. The number of rotatable bonds is 7. The zero-order valence-electron chi connectivity index (χ0n) is 18.4. The molecule has 0 bridgehead atoms. The number of methoxy groups -OCH3 is 1. The lowest BCUT2D eigenvalue weighted by molar-refractivity contribution is -0.150. The molecule has 34 heavy (non-hydrogen) atoms. The third kappa shape index (κ3) is 4.79. The molecule has 182 valence electrons. The van der Waals surface area contributed by atoms with Crippen molar-refractivity contribution in [3.63, 3.8) is 0 Å². The fourth-order valence-corrected chi connectivity index (χ4v) is 6.86. The lowest BCUT2D eigenvalue weighted by Gasteiger charge is -2.36. The standard InChI is InChI=1S/C22H24N2O8S2/c1-30-21(26)19-18(9-12-33-19)34(28,29)23-10-7-16(8-11-23)24-17(14-32-22(24)27)20(25)31-13-15-5-3-2-4-6-15/h2-6,9,12,16-17H,7-8,10-11,13-14H2,1H3. The molecule has 2 aliphatic heterocycles. The van der Waals surface area contributed by atoms with Gasteiger partial charge in [-0.2, -0.15) is 4.31 Å². The van der Waals surface area contributed by atoms with Crippen LogP contribution < -0.4 is 0 Å². The monoisotopic (exact) mass is 508 g/mol. The van der Waals surface area contributed by atoms with Crippen LogP contribution in [0.15, 0.2) is 46.7 Å². The maximum Gasteiger partial charge on any atom is 0.410 e. The van der Waals surface area contributed by atoms with E-state index < -0.39 is 34.1 Å². The van der Waals surface area contributed by atoms with Gasteiger partial charge in [-0.3, -0.25) is 4.90 Å². The third-order valence-corrected chi connectivity index (χ3v) is 8.81. The quantitative estimate of drug-likeness (QED) is 0.413. The first-order valence-electron chi connectivity index (χ1n) is 10.6. The van der Waals surface area contributed by atoms with Gasteiger partial charge in [0.2, 0.25) is 10.0 Å². The van der Waals surface area contributed by atoms with Gasteiger partial charge in [0.25, 0.3) is 0 Å². The SMILES string of the molecule is COC(=O)c1sccc1S(=O)(=O)N1CCC(N2C(=O)OCC2C(=O)OCc2ccccc2)CC1. The van der Waals surface area contributed by atoms with Crippen LogP contribution in [0.25, 0.3) is 0 Å². The molecule has 2 fully saturated rings. The summed E-state index contributed by atoms with van der Waals surface area (Å²) in [5.41, 5.74) is 0.825. The number of hydrogen-bond acceptors (Lipinski definition) is 9. The summed E-state index contributed by atoms with van der Waals surface area (Å²) in [5.74, 6) is -1.27. The summed E-state index contributed by atoms with van der Waals surface area (Å²) in [6.45, 7) is 0.221. The zero-order valence-corrected chi connectivity index (χ0v) is 20.0. The summed E-state index contributed by atoms with van der Waals surface area (Å²) in [4.78, 5) is 38.3. The Morgan fingerprint density at radius 3 is 2.53 bits per heavy atom. The summed E-state index contributed by atoms with van der Waals surface area (Å²) in [7, 11) is -2.72. The van der Waals surface area contributed by atoms with E-state index in [-0.39, 0.29) is 42.1 Å². The van der Waals surface area contributed by atoms with Crippen LogP contribution in [0, 0.1) is 0 Å². The Kier molecular flexibility index (Phi) is 7.19. The van der Waals surface area contributed by atoms with Crippen molar-refractivity contribution >= 4 is 39.4 Å². The minimum Gasteiger partial charge on any atom is -0.465 e. The van der Waals surface area contributed by atoms with E-state index in [2.05, 4.69) is 4.74 Å². The fourth-order valence-electron chi connectivity index (χ4n) is 4.08. The molecule has 0 saturated carbocycles. The van der Waals surface area contributed by atoms with Crippen LogP contribution in [0.5, 0.6) is 0 Å². The predicted molar refractivity (Wildman–Crippen MR) is 121 cm³/mol. The number of hydrogen-bond donors (Lipinski definition) is 0. The minimum atomic E-state index is -3.92. The normalized spacial score (nSPS) is 19.6. The van der Waals surface area contributed by atoms with Crippen molar-refractivity contribution in [3.8, 4) is 0 Å². The first-order valence-corrected chi connectivity index (χ1v) is 13.0. The summed E-state index contributed by atoms with van der Waals surface area (Å²) >= 11 is 1.000. The Morgan fingerprint density at radius 1 is 1.15 bits per heavy atom. The van der Waals surface area contributed by atoms with Gasteiger partial charge in [-0.1, -0.05) is 30.3 Å². The van der Waals surface area contributed by atoms with Gasteiger partial charge >= 0.3 is 18.0 Å². The number of esters is 2. The number of nitrogens with zero attached hydrogens (tertiary/aromatic N) is 2. The van der Waals surface area contributed by atoms with Gasteiger partial charge in [-0.25, -0.2) is 22.8 Å². The van der Waals surface area contributed by atoms with Crippen LogP contribution in [-0.4, -0.2) is 74.5 Å². The van der Waals surface area contributed by atoms with Crippen LogP contribution in [0.3, 0.4) is 0 Å². The van der Waals surface area contributed by atoms with Gasteiger partial charge in [-0.05, 0) is 29.9 Å². The lowest BCUT2D eigenvalue weighted by atomic mass is 10.0. The number of benzene rings is 1. The second-order valence-corrected chi connectivity index (χ2v) is 10.7. The number of ether oxygens (including phenoxy) is 3. The van der Waals surface area contributed by atoms with Gasteiger partial charge in [0.1, 0.15) is 23.0 Å². The molecular formula is C22H24N2O8S2. The molecule has 2 aromatic rings. The molecule has 1 aromatic carbocycles. The average Bonchev–Trinajstić information content (AvgIpc) is 3.50. The van der Waals surface area contributed by atoms with Gasteiger partial charge in [-0.15, -0.1) is 11.3 Å². The van der Waals surface area contributed by atoms with Crippen LogP contribution in [-0.2, 0) is 35.6 Å². The predicted octanol–water partition coefficient (Wildman–Crippen LogP) is 2.25. The van der Waals surface area contributed by atoms with E-state index in [0.717, 1.165) is 16.9 Å². The van der Waals surface area contributed by atoms with E-state index in [1.54, 1.807) is 0 Å². The van der Waals surface area contributed by atoms with Crippen LogP contribution in [0.2, 0.25) is 0 Å². The largest absolute Gasteiger partial charge is 0.465 e. The zero-order chi connectivity index (χ0) is 24.3. The first kappa shape index (κ1) is 24.2. The highest BCUT2D eigenvalue weighted by Crippen LogP contribution is 2.30. The molecule has 0 radical (unpaired) electrons. The van der Waals surface area contributed by atoms with Gasteiger partial charge in [0.15, 0.2) is 6.04 Å². The van der Waals surface area contributed by atoms with Crippen molar-refractivity contribution in [3.05, 3.63) is 52.2 Å². The number of thiophene rings is 1. The van der Waals surface area contributed by atoms with Gasteiger partial charge < -0.3 is 14.2 Å². The third-order valence-electron chi connectivity index (χ3n) is 5.84. The molecule has 3 heterocycles. The smallest absolute Gasteiger partial charge is 0.410 e. The van der Waals surface area contributed by atoms with Crippen molar-refractivity contribution < 1.29 is 37.0 Å². The fraction of sp³-hybridized carbons (Fsp3) is 0.409. The number of sulfonamides is 1. The molecule has 0 N–H and O–H groups in total. The van der Waals surface area contributed by atoms with Gasteiger partial charge in [0.05, 0.1) is 7.11 Å².